The maximum Gasteiger partial charge on any atom is 0.323 e. The molecule has 1 heterocycles. The third kappa shape index (κ3) is 1.53. The fourth-order valence-electron chi connectivity index (χ4n) is 1.48. The van der Waals surface area contributed by atoms with Crippen molar-refractivity contribution in [3.8, 4) is 0 Å². The molecule has 3 nitrogen and oxygen atoms in total. The fraction of sp³-hybridized carbons (Fsp3) is 0.875. The van der Waals surface area contributed by atoms with E-state index in [1.165, 1.54) is 7.11 Å². The summed E-state index contributed by atoms with van der Waals surface area (Å²) in [5.41, 5.74) is 0.0487. The van der Waals surface area contributed by atoms with Gasteiger partial charge in [-0.25, -0.2) is 0 Å². The van der Waals surface area contributed by atoms with Crippen LogP contribution >= 0.6 is 0 Å². The molecule has 0 spiro atoms. The van der Waals surface area contributed by atoms with Crippen LogP contribution in [0.2, 0.25) is 0 Å². The number of hydrogen-bond acceptors (Lipinski definition) is 3. The van der Waals surface area contributed by atoms with Gasteiger partial charge in [-0.2, -0.15) is 0 Å². The Labute approximate surface area is 67.1 Å². The van der Waals surface area contributed by atoms with E-state index in [1.807, 2.05) is 0 Å². The van der Waals surface area contributed by atoms with Gasteiger partial charge in [0.25, 0.3) is 0 Å². The quantitative estimate of drug-likeness (QED) is 0.565. The summed E-state index contributed by atoms with van der Waals surface area (Å²) in [7, 11) is 1.43. The van der Waals surface area contributed by atoms with E-state index in [0.717, 1.165) is 13.0 Å². The zero-order chi connectivity index (χ0) is 8.48. The van der Waals surface area contributed by atoms with E-state index in [9.17, 15) is 4.79 Å². The predicted octanol–water partition coefficient (Wildman–Crippen LogP) is 0.547. The molecule has 64 valence electrons. The minimum Gasteiger partial charge on any atom is -0.468 e. The van der Waals surface area contributed by atoms with Crippen LogP contribution in [0, 0.1) is 5.41 Å². The molecule has 1 N–H and O–H groups in total. The van der Waals surface area contributed by atoms with E-state index in [2.05, 4.69) is 23.9 Å². The van der Waals surface area contributed by atoms with Gasteiger partial charge in [0, 0.05) is 0 Å². The van der Waals surface area contributed by atoms with Gasteiger partial charge in [0.15, 0.2) is 0 Å². The average molecular weight is 157 g/mol. The van der Waals surface area contributed by atoms with Crippen molar-refractivity contribution in [1.29, 1.82) is 0 Å². The zero-order valence-electron chi connectivity index (χ0n) is 7.31. The lowest BCUT2D eigenvalue weighted by molar-refractivity contribution is -0.145. The lowest BCUT2D eigenvalue weighted by atomic mass is 9.85. The van der Waals surface area contributed by atoms with Crippen molar-refractivity contribution in [2.75, 3.05) is 13.7 Å². The Kier molecular flexibility index (Phi) is 2.18. The fourth-order valence-corrected chi connectivity index (χ4v) is 1.48. The first-order chi connectivity index (χ1) is 5.08. The van der Waals surface area contributed by atoms with Crippen molar-refractivity contribution >= 4 is 5.97 Å². The number of carbonyl (C=O) groups is 1. The van der Waals surface area contributed by atoms with Gasteiger partial charge in [0.2, 0.25) is 0 Å². The summed E-state index contributed by atoms with van der Waals surface area (Å²) in [6.07, 6.45) is 1.03. The van der Waals surface area contributed by atoms with Crippen LogP contribution in [0.25, 0.3) is 0 Å². The third-order valence-electron chi connectivity index (χ3n) is 2.34. The number of esters is 1. The predicted molar refractivity (Wildman–Crippen MR) is 42.2 cm³/mol. The average Bonchev–Trinajstić information content (AvgIpc) is 2.28. The summed E-state index contributed by atoms with van der Waals surface area (Å²) < 4.78 is 4.67. The highest BCUT2D eigenvalue weighted by molar-refractivity contribution is 5.77. The summed E-state index contributed by atoms with van der Waals surface area (Å²) in [4.78, 5) is 11.1. The number of ether oxygens (including phenoxy) is 1. The molecule has 0 aromatic heterocycles. The normalized spacial score (nSPS) is 28.5. The summed E-state index contributed by atoms with van der Waals surface area (Å²) >= 11 is 0. The first kappa shape index (κ1) is 8.53. The molecular weight excluding hydrogens is 142 g/mol. The molecule has 0 radical (unpaired) electrons. The second-order valence-corrected chi connectivity index (χ2v) is 3.65. The van der Waals surface area contributed by atoms with E-state index in [0.29, 0.717) is 0 Å². The van der Waals surface area contributed by atoms with Gasteiger partial charge in [-0.3, -0.25) is 4.79 Å². The molecule has 1 saturated heterocycles. The van der Waals surface area contributed by atoms with E-state index >= 15 is 0 Å². The van der Waals surface area contributed by atoms with E-state index in [4.69, 9.17) is 0 Å². The molecule has 0 aliphatic carbocycles. The topological polar surface area (TPSA) is 38.3 Å². The standard InChI is InChI=1S/C8H15NO2/c1-8(2)4-5-9-6(8)7(10)11-3/h6,9H,4-5H2,1-3H3/t6-/m1/s1. The minimum atomic E-state index is -0.146. The lowest BCUT2D eigenvalue weighted by Gasteiger charge is -2.23. The van der Waals surface area contributed by atoms with Crippen molar-refractivity contribution in [3.63, 3.8) is 0 Å². The summed E-state index contributed by atoms with van der Waals surface area (Å²) in [5.74, 6) is -0.146. The molecule has 1 aliphatic heterocycles. The number of carbonyl (C=O) groups excluding carboxylic acids is 1. The largest absolute Gasteiger partial charge is 0.468 e. The Bertz CT molecular complexity index is 165. The smallest absolute Gasteiger partial charge is 0.323 e. The Morgan fingerprint density at radius 1 is 1.64 bits per heavy atom. The molecule has 1 aliphatic rings. The third-order valence-corrected chi connectivity index (χ3v) is 2.34. The molecular formula is C8H15NO2. The summed E-state index contributed by atoms with van der Waals surface area (Å²) in [6.45, 7) is 5.07. The highest BCUT2D eigenvalue weighted by Crippen LogP contribution is 2.30. The van der Waals surface area contributed by atoms with Crippen LogP contribution in [0.4, 0.5) is 0 Å². The van der Waals surface area contributed by atoms with Crippen LogP contribution in [0.1, 0.15) is 20.3 Å². The Morgan fingerprint density at radius 2 is 2.27 bits per heavy atom. The number of hydrogen-bond donors (Lipinski definition) is 1. The second kappa shape index (κ2) is 2.81. The van der Waals surface area contributed by atoms with Gasteiger partial charge >= 0.3 is 5.97 Å². The van der Waals surface area contributed by atoms with E-state index < -0.39 is 0 Å². The van der Waals surface area contributed by atoms with E-state index in [1.54, 1.807) is 0 Å². The molecule has 0 aromatic carbocycles. The van der Waals surface area contributed by atoms with Crippen molar-refractivity contribution < 1.29 is 9.53 Å². The van der Waals surface area contributed by atoms with Gasteiger partial charge in [0.1, 0.15) is 6.04 Å². The lowest BCUT2D eigenvalue weighted by Crippen LogP contribution is -2.40. The van der Waals surface area contributed by atoms with Crippen LogP contribution < -0.4 is 5.32 Å². The van der Waals surface area contributed by atoms with Gasteiger partial charge in [-0.15, -0.1) is 0 Å². The molecule has 1 rings (SSSR count). The first-order valence-corrected chi connectivity index (χ1v) is 3.89. The molecule has 1 atom stereocenters. The molecule has 0 saturated carbocycles. The number of nitrogens with one attached hydrogen (secondary N) is 1. The molecule has 0 aromatic rings. The summed E-state index contributed by atoms with van der Waals surface area (Å²) in [6, 6.07) is -0.118. The zero-order valence-corrected chi connectivity index (χ0v) is 7.31. The SMILES string of the molecule is COC(=O)[C@H]1NCCC1(C)C. The Balaban J connectivity index is 2.64. The molecule has 11 heavy (non-hydrogen) atoms. The molecule has 3 heteroatoms. The number of methoxy groups -OCH3 is 1. The number of rotatable bonds is 1. The highest BCUT2D eigenvalue weighted by atomic mass is 16.5. The Hall–Kier alpha value is -0.570. The minimum absolute atomic E-state index is 0.0487. The molecule has 0 unspecified atom stereocenters. The maximum absolute atomic E-state index is 11.1. The molecule has 0 bridgehead atoms. The summed E-state index contributed by atoms with van der Waals surface area (Å²) in [5, 5.41) is 3.12. The van der Waals surface area contributed by atoms with E-state index in [-0.39, 0.29) is 17.4 Å². The highest BCUT2D eigenvalue weighted by Gasteiger charge is 2.39. The van der Waals surface area contributed by atoms with Crippen molar-refractivity contribution in [3.05, 3.63) is 0 Å². The van der Waals surface area contributed by atoms with Crippen LogP contribution in [-0.4, -0.2) is 25.7 Å². The Morgan fingerprint density at radius 3 is 2.64 bits per heavy atom. The van der Waals surface area contributed by atoms with Crippen LogP contribution in [0.5, 0.6) is 0 Å². The van der Waals surface area contributed by atoms with Crippen LogP contribution in [0.3, 0.4) is 0 Å². The first-order valence-electron chi connectivity index (χ1n) is 3.89. The van der Waals surface area contributed by atoms with Crippen molar-refractivity contribution in [1.82, 2.24) is 5.32 Å². The molecule has 1 fully saturated rings. The van der Waals surface area contributed by atoms with Gasteiger partial charge in [-0.1, -0.05) is 13.8 Å². The van der Waals surface area contributed by atoms with Crippen LogP contribution in [0.15, 0.2) is 0 Å². The van der Waals surface area contributed by atoms with Crippen LogP contribution in [-0.2, 0) is 9.53 Å². The van der Waals surface area contributed by atoms with Crippen molar-refractivity contribution in [2.24, 2.45) is 5.41 Å². The van der Waals surface area contributed by atoms with Gasteiger partial charge in [0.05, 0.1) is 7.11 Å². The van der Waals surface area contributed by atoms with Crippen molar-refractivity contribution in [2.45, 2.75) is 26.3 Å². The van der Waals surface area contributed by atoms with Gasteiger partial charge in [-0.05, 0) is 18.4 Å². The molecule has 0 amide bonds. The monoisotopic (exact) mass is 157 g/mol. The second-order valence-electron chi connectivity index (χ2n) is 3.65. The maximum atomic E-state index is 11.1. The van der Waals surface area contributed by atoms with Gasteiger partial charge < -0.3 is 10.1 Å².